The zero-order chi connectivity index (χ0) is 10.8. The summed E-state index contributed by atoms with van der Waals surface area (Å²) in [6.45, 7) is 1.69. The molecule has 1 saturated carbocycles. The van der Waals surface area contributed by atoms with Crippen molar-refractivity contribution in [3.63, 3.8) is 0 Å². The van der Waals surface area contributed by atoms with Crippen LogP contribution in [0.5, 0.6) is 0 Å². The van der Waals surface area contributed by atoms with Crippen LogP contribution in [0.25, 0.3) is 0 Å². The summed E-state index contributed by atoms with van der Waals surface area (Å²) in [5.41, 5.74) is 5.94. The van der Waals surface area contributed by atoms with Crippen LogP contribution in [0.4, 0.5) is 0 Å². The maximum Gasteiger partial charge on any atom is 0.239 e. The lowest BCUT2D eigenvalue weighted by molar-refractivity contribution is -0.133. The molecule has 1 aliphatic heterocycles. The van der Waals surface area contributed by atoms with Crippen LogP contribution in [0.2, 0.25) is 0 Å². The zero-order valence-corrected chi connectivity index (χ0v) is 9.06. The molecule has 1 heterocycles. The molecule has 1 saturated heterocycles. The number of nitrogens with zero attached hydrogens (tertiary/aromatic N) is 1. The summed E-state index contributed by atoms with van der Waals surface area (Å²) in [5.74, 6) is 0.0246. The number of hydrogen-bond acceptors (Lipinski definition) is 3. The van der Waals surface area contributed by atoms with Crippen LogP contribution in [-0.2, 0) is 4.79 Å². The van der Waals surface area contributed by atoms with E-state index in [1.165, 1.54) is 0 Å². The molecule has 1 unspecified atom stereocenters. The number of aliphatic hydroxyl groups is 1. The Balaban J connectivity index is 1.94. The average Bonchev–Trinajstić information content (AvgIpc) is 2.85. The van der Waals surface area contributed by atoms with E-state index in [1.807, 2.05) is 4.90 Å². The van der Waals surface area contributed by atoms with Gasteiger partial charge in [-0.15, -0.1) is 0 Å². The van der Waals surface area contributed by atoms with Gasteiger partial charge in [0.1, 0.15) is 0 Å². The van der Waals surface area contributed by atoms with Crippen LogP contribution in [0, 0.1) is 5.92 Å². The lowest BCUT2D eigenvalue weighted by atomic mass is 9.96. The second-order valence-corrected chi connectivity index (χ2v) is 4.72. The van der Waals surface area contributed by atoms with E-state index in [9.17, 15) is 9.90 Å². The largest absolute Gasteiger partial charge is 0.393 e. The third-order valence-electron chi connectivity index (χ3n) is 3.70. The topological polar surface area (TPSA) is 66.6 Å². The van der Waals surface area contributed by atoms with Crippen molar-refractivity contribution in [1.82, 2.24) is 4.90 Å². The van der Waals surface area contributed by atoms with Gasteiger partial charge in [-0.05, 0) is 25.7 Å². The van der Waals surface area contributed by atoms with Crippen LogP contribution < -0.4 is 5.73 Å². The van der Waals surface area contributed by atoms with E-state index in [-0.39, 0.29) is 17.9 Å². The molecule has 4 nitrogen and oxygen atoms in total. The summed E-state index contributed by atoms with van der Waals surface area (Å²) in [6, 6.07) is -0.486. The van der Waals surface area contributed by atoms with E-state index in [4.69, 9.17) is 5.73 Å². The summed E-state index contributed by atoms with van der Waals surface area (Å²) >= 11 is 0. The minimum atomic E-state index is -0.486. The Kier molecular flexibility index (Phi) is 3.26. The molecule has 1 amide bonds. The van der Waals surface area contributed by atoms with Crippen molar-refractivity contribution < 1.29 is 9.90 Å². The molecular formula is C11H20N2O2. The first kappa shape index (κ1) is 10.9. The van der Waals surface area contributed by atoms with Crippen molar-refractivity contribution in [2.75, 3.05) is 13.1 Å². The fourth-order valence-electron chi connectivity index (χ4n) is 2.72. The zero-order valence-electron chi connectivity index (χ0n) is 9.06. The smallest absolute Gasteiger partial charge is 0.239 e. The molecule has 0 aromatic heterocycles. The lowest BCUT2D eigenvalue weighted by Crippen LogP contribution is -2.48. The van der Waals surface area contributed by atoms with Crippen molar-refractivity contribution in [3.8, 4) is 0 Å². The summed E-state index contributed by atoms with van der Waals surface area (Å²) in [4.78, 5) is 13.8. The summed E-state index contributed by atoms with van der Waals surface area (Å²) < 4.78 is 0. The van der Waals surface area contributed by atoms with Crippen LogP contribution in [0.3, 0.4) is 0 Å². The van der Waals surface area contributed by atoms with E-state index in [1.54, 1.807) is 0 Å². The van der Waals surface area contributed by atoms with Crippen molar-refractivity contribution in [3.05, 3.63) is 0 Å². The van der Waals surface area contributed by atoms with E-state index < -0.39 is 6.04 Å². The Morgan fingerprint density at radius 3 is 2.47 bits per heavy atom. The molecule has 0 radical (unpaired) electrons. The molecule has 15 heavy (non-hydrogen) atoms. The fourth-order valence-corrected chi connectivity index (χ4v) is 2.72. The van der Waals surface area contributed by atoms with Gasteiger partial charge in [0.05, 0.1) is 12.1 Å². The van der Waals surface area contributed by atoms with Gasteiger partial charge < -0.3 is 15.7 Å². The van der Waals surface area contributed by atoms with Crippen molar-refractivity contribution in [1.29, 1.82) is 0 Å². The highest BCUT2D eigenvalue weighted by atomic mass is 16.3. The molecule has 2 fully saturated rings. The highest BCUT2D eigenvalue weighted by Crippen LogP contribution is 2.28. The normalized spacial score (nSPS) is 33.3. The molecule has 0 spiro atoms. The number of amides is 1. The number of nitrogens with two attached hydrogens (primary N) is 1. The molecule has 86 valence electrons. The molecule has 2 rings (SSSR count). The van der Waals surface area contributed by atoms with Crippen LogP contribution in [0.1, 0.15) is 32.1 Å². The molecule has 1 aliphatic carbocycles. The predicted molar refractivity (Wildman–Crippen MR) is 57.1 cm³/mol. The second-order valence-electron chi connectivity index (χ2n) is 4.72. The van der Waals surface area contributed by atoms with Gasteiger partial charge >= 0.3 is 0 Å². The van der Waals surface area contributed by atoms with E-state index in [2.05, 4.69) is 0 Å². The summed E-state index contributed by atoms with van der Waals surface area (Å²) in [5, 5.41) is 9.70. The third kappa shape index (κ3) is 2.16. The number of aliphatic hydroxyl groups excluding tert-OH is 1. The SMILES string of the molecule is NC(C(=O)N1CCCC1)[C@H]1CCC[C@H]1O. The highest BCUT2D eigenvalue weighted by molar-refractivity contribution is 5.82. The van der Waals surface area contributed by atoms with Crippen molar-refractivity contribution in [2.24, 2.45) is 11.7 Å². The summed E-state index contributed by atoms with van der Waals surface area (Å²) in [7, 11) is 0. The van der Waals surface area contributed by atoms with Crippen LogP contribution in [0.15, 0.2) is 0 Å². The van der Waals surface area contributed by atoms with Crippen LogP contribution in [-0.4, -0.2) is 41.1 Å². The minimum absolute atomic E-state index is 0.0156. The molecular weight excluding hydrogens is 192 g/mol. The van der Waals surface area contributed by atoms with Crippen molar-refractivity contribution in [2.45, 2.75) is 44.2 Å². The van der Waals surface area contributed by atoms with Gasteiger partial charge in [-0.1, -0.05) is 6.42 Å². The van der Waals surface area contributed by atoms with Gasteiger partial charge in [-0.2, -0.15) is 0 Å². The molecule has 0 aromatic carbocycles. The highest BCUT2D eigenvalue weighted by Gasteiger charge is 2.36. The van der Waals surface area contributed by atoms with E-state index in [0.29, 0.717) is 0 Å². The van der Waals surface area contributed by atoms with Crippen molar-refractivity contribution >= 4 is 5.91 Å². The predicted octanol–water partition coefficient (Wildman–Crippen LogP) is 0.0971. The molecule has 3 atom stereocenters. The summed E-state index contributed by atoms with van der Waals surface area (Å²) in [6.07, 6.45) is 4.49. The first-order valence-electron chi connectivity index (χ1n) is 5.92. The molecule has 3 N–H and O–H groups in total. The molecule has 0 bridgehead atoms. The van der Waals surface area contributed by atoms with Gasteiger partial charge in [0.2, 0.25) is 5.91 Å². The Bertz CT molecular complexity index is 239. The maximum absolute atomic E-state index is 12.0. The number of likely N-dealkylation sites (tertiary alicyclic amines) is 1. The number of hydrogen-bond donors (Lipinski definition) is 2. The lowest BCUT2D eigenvalue weighted by Gasteiger charge is -2.26. The third-order valence-corrected chi connectivity index (χ3v) is 3.70. The number of carbonyl (C=O) groups excluding carboxylic acids is 1. The number of rotatable bonds is 2. The van der Waals surface area contributed by atoms with E-state index >= 15 is 0 Å². The van der Waals surface area contributed by atoms with Gasteiger partial charge in [-0.3, -0.25) is 4.79 Å². The van der Waals surface area contributed by atoms with Gasteiger partial charge in [0.25, 0.3) is 0 Å². The van der Waals surface area contributed by atoms with Gasteiger partial charge in [-0.25, -0.2) is 0 Å². The second kappa shape index (κ2) is 4.49. The Morgan fingerprint density at radius 1 is 1.27 bits per heavy atom. The Labute approximate surface area is 90.4 Å². The van der Waals surface area contributed by atoms with E-state index in [0.717, 1.165) is 45.2 Å². The monoisotopic (exact) mass is 212 g/mol. The fraction of sp³-hybridized carbons (Fsp3) is 0.909. The average molecular weight is 212 g/mol. The quantitative estimate of drug-likeness (QED) is 0.682. The molecule has 4 heteroatoms. The first-order valence-corrected chi connectivity index (χ1v) is 5.92. The van der Waals surface area contributed by atoms with Gasteiger partial charge in [0.15, 0.2) is 0 Å². The molecule has 2 aliphatic rings. The molecule has 0 aromatic rings. The maximum atomic E-state index is 12.0. The Morgan fingerprint density at radius 2 is 1.93 bits per heavy atom. The van der Waals surface area contributed by atoms with Gasteiger partial charge in [0, 0.05) is 19.0 Å². The van der Waals surface area contributed by atoms with Crippen LogP contribution >= 0.6 is 0 Å². The minimum Gasteiger partial charge on any atom is -0.393 e. The number of carbonyl (C=O) groups is 1. The Hall–Kier alpha value is -0.610. The first-order chi connectivity index (χ1) is 7.20. The standard InChI is InChI=1S/C11H20N2O2/c12-10(8-4-3-5-9(8)14)11(15)13-6-1-2-7-13/h8-10,14H,1-7,12H2/t8-,9+,10?/m0/s1.